The number of amides is 1. The number of ether oxygens (including phenoxy) is 1. The van der Waals surface area contributed by atoms with Crippen LogP contribution in [0, 0.1) is 19.7 Å². The second kappa shape index (κ2) is 10.2. The van der Waals surface area contributed by atoms with Crippen LogP contribution < -0.4 is 5.14 Å². The Bertz CT molecular complexity index is 1320. The number of primary sulfonamides is 1. The van der Waals surface area contributed by atoms with E-state index in [1.165, 1.54) is 30.1 Å². The fourth-order valence-corrected chi connectivity index (χ4v) is 4.02. The first-order valence-corrected chi connectivity index (χ1v) is 11.9. The lowest BCUT2D eigenvalue weighted by molar-refractivity contribution is -0.133. The SMILES string of the molecule is Cc1cc(C(=O)OCC(=O)N(C)Cc2ccccc2F)c(C)n1Cc1ccc(S(N)(=O)=O)cc1. The average molecular weight is 488 g/mol. The first-order chi connectivity index (χ1) is 16.0. The second-order valence-corrected chi connectivity index (χ2v) is 9.54. The Morgan fingerprint density at radius 3 is 2.35 bits per heavy atom. The number of carbonyl (C=O) groups is 2. The molecule has 0 saturated carbocycles. The summed E-state index contributed by atoms with van der Waals surface area (Å²) in [6.07, 6.45) is 0. The normalized spacial score (nSPS) is 11.3. The van der Waals surface area contributed by atoms with E-state index >= 15 is 0 Å². The highest BCUT2D eigenvalue weighted by Crippen LogP contribution is 2.19. The minimum Gasteiger partial charge on any atom is -0.452 e. The van der Waals surface area contributed by atoms with Crippen molar-refractivity contribution in [3.8, 4) is 0 Å². The third-order valence-corrected chi connectivity index (χ3v) is 6.43. The number of nitrogens with two attached hydrogens (primary N) is 1. The maximum Gasteiger partial charge on any atom is 0.340 e. The van der Waals surface area contributed by atoms with Gasteiger partial charge in [0.25, 0.3) is 5.91 Å². The molecule has 1 amide bonds. The van der Waals surface area contributed by atoms with Gasteiger partial charge in [-0.25, -0.2) is 22.7 Å². The van der Waals surface area contributed by atoms with Gasteiger partial charge in [-0.3, -0.25) is 4.79 Å². The van der Waals surface area contributed by atoms with Gasteiger partial charge in [0, 0.05) is 37.1 Å². The van der Waals surface area contributed by atoms with Crippen molar-refractivity contribution >= 4 is 21.9 Å². The molecule has 0 saturated heterocycles. The fourth-order valence-electron chi connectivity index (χ4n) is 3.50. The Kier molecular flexibility index (Phi) is 7.53. The molecule has 0 radical (unpaired) electrons. The molecule has 0 aliphatic heterocycles. The molecule has 1 heterocycles. The zero-order valence-electron chi connectivity index (χ0n) is 19.1. The monoisotopic (exact) mass is 487 g/mol. The molecule has 8 nitrogen and oxygen atoms in total. The van der Waals surface area contributed by atoms with Crippen LogP contribution in [0.3, 0.4) is 0 Å². The van der Waals surface area contributed by atoms with Gasteiger partial charge in [0.2, 0.25) is 10.0 Å². The van der Waals surface area contributed by atoms with Crippen molar-refractivity contribution in [2.75, 3.05) is 13.7 Å². The molecule has 0 aliphatic rings. The number of aryl methyl sites for hydroxylation is 1. The highest BCUT2D eigenvalue weighted by Gasteiger charge is 2.20. The van der Waals surface area contributed by atoms with Crippen LogP contribution in [0.2, 0.25) is 0 Å². The van der Waals surface area contributed by atoms with Gasteiger partial charge in [-0.05, 0) is 43.7 Å². The van der Waals surface area contributed by atoms with Gasteiger partial charge in [-0.15, -0.1) is 0 Å². The van der Waals surface area contributed by atoms with Gasteiger partial charge in [0.05, 0.1) is 10.5 Å². The van der Waals surface area contributed by atoms with E-state index in [-0.39, 0.29) is 11.4 Å². The number of aromatic nitrogens is 1. The quantitative estimate of drug-likeness (QED) is 0.491. The minimum atomic E-state index is -3.77. The van der Waals surface area contributed by atoms with Crippen LogP contribution in [0.25, 0.3) is 0 Å². The molecule has 3 aromatic rings. The molecule has 2 N–H and O–H groups in total. The van der Waals surface area contributed by atoms with Gasteiger partial charge in [0.15, 0.2) is 6.61 Å². The van der Waals surface area contributed by atoms with Crippen molar-refractivity contribution < 1.29 is 27.1 Å². The molecule has 0 atom stereocenters. The highest BCUT2D eigenvalue weighted by atomic mass is 32.2. The number of hydrogen-bond donors (Lipinski definition) is 1. The van der Waals surface area contributed by atoms with Gasteiger partial charge in [-0.2, -0.15) is 0 Å². The van der Waals surface area contributed by atoms with Crippen molar-refractivity contribution in [1.29, 1.82) is 0 Å². The summed E-state index contributed by atoms with van der Waals surface area (Å²) in [4.78, 5) is 26.3. The number of halogens is 1. The van der Waals surface area contributed by atoms with Crippen LogP contribution in [-0.2, 0) is 32.6 Å². The first kappa shape index (κ1) is 25.1. The molecule has 180 valence electrons. The number of nitrogens with zero attached hydrogens (tertiary/aromatic N) is 2. The summed E-state index contributed by atoms with van der Waals surface area (Å²) in [5.41, 5.74) is 2.95. The smallest absolute Gasteiger partial charge is 0.340 e. The molecule has 10 heteroatoms. The van der Waals surface area contributed by atoms with Crippen LogP contribution in [0.15, 0.2) is 59.5 Å². The molecule has 0 fully saturated rings. The third kappa shape index (κ3) is 5.89. The number of likely N-dealkylation sites (N-methyl/N-ethyl adjacent to an activating group) is 1. The Labute approximate surface area is 197 Å². The average Bonchev–Trinajstić information content (AvgIpc) is 3.07. The Balaban J connectivity index is 1.64. The van der Waals surface area contributed by atoms with Crippen LogP contribution in [-0.4, -0.2) is 43.4 Å². The molecule has 0 unspecified atom stereocenters. The Morgan fingerprint density at radius 1 is 1.09 bits per heavy atom. The van der Waals surface area contributed by atoms with Crippen LogP contribution in [0.1, 0.15) is 32.9 Å². The molecular formula is C24H26FN3O5S. The predicted molar refractivity (Wildman–Crippen MR) is 124 cm³/mol. The molecule has 0 aliphatic carbocycles. The van der Waals surface area contributed by atoms with Crippen molar-refractivity contribution in [3.05, 3.63) is 88.5 Å². The lowest BCUT2D eigenvalue weighted by Crippen LogP contribution is -2.31. The van der Waals surface area contributed by atoms with E-state index in [4.69, 9.17) is 9.88 Å². The zero-order valence-corrected chi connectivity index (χ0v) is 19.9. The van der Waals surface area contributed by atoms with Crippen molar-refractivity contribution in [2.24, 2.45) is 5.14 Å². The fraction of sp³-hybridized carbons (Fsp3) is 0.250. The number of hydrogen-bond acceptors (Lipinski definition) is 5. The van der Waals surface area contributed by atoms with Crippen LogP contribution >= 0.6 is 0 Å². The van der Waals surface area contributed by atoms with E-state index in [1.807, 2.05) is 11.5 Å². The summed E-state index contributed by atoms with van der Waals surface area (Å²) in [5, 5.41) is 5.13. The van der Waals surface area contributed by atoms with E-state index in [9.17, 15) is 22.4 Å². The molecule has 0 spiro atoms. The van der Waals surface area contributed by atoms with Gasteiger partial charge in [0.1, 0.15) is 5.82 Å². The van der Waals surface area contributed by atoms with Crippen molar-refractivity contribution in [3.63, 3.8) is 0 Å². The topological polar surface area (TPSA) is 112 Å². The number of benzene rings is 2. The molecule has 1 aromatic heterocycles. The minimum absolute atomic E-state index is 0.0195. The summed E-state index contributed by atoms with van der Waals surface area (Å²) in [6, 6.07) is 14.0. The van der Waals surface area contributed by atoms with Crippen molar-refractivity contribution in [1.82, 2.24) is 9.47 Å². The maximum atomic E-state index is 13.8. The molecule has 2 aromatic carbocycles. The lowest BCUT2D eigenvalue weighted by Gasteiger charge is -2.17. The summed E-state index contributed by atoms with van der Waals surface area (Å²) in [5.74, 6) is -1.51. The van der Waals surface area contributed by atoms with E-state index in [2.05, 4.69) is 0 Å². The number of sulfonamides is 1. The molecular weight excluding hydrogens is 461 g/mol. The molecule has 34 heavy (non-hydrogen) atoms. The van der Waals surface area contributed by atoms with Gasteiger partial charge in [-0.1, -0.05) is 30.3 Å². The van der Waals surface area contributed by atoms with Crippen LogP contribution in [0.5, 0.6) is 0 Å². The summed E-state index contributed by atoms with van der Waals surface area (Å²) < 4.78 is 43.7. The first-order valence-electron chi connectivity index (χ1n) is 10.4. The predicted octanol–water partition coefficient (Wildman–Crippen LogP) is 2.76. The maximum absolute atomic E-state index is 13.8. The van der Waals surface area contributed by atoms with E-state index in [1.54, 1.807) is 43.3 Å². The van der Waals surface area contributed by atoms with E-state index in [0.29, 0.717) is 23.4 Å². The van der Waals surface area contributed by atoms with Crippen LogP contribution in [0.4, 0.5) is 4.39 Å². The number of rotatable bonds is 8. The summed E-state index contributed by atoms with van der Waals surface area (Å²) >= 11 is 0. The van der Waals surface area contributed by atoms with Crippen molar-refractivity contribution in [2.45, 2.75) is 31.8 Å². The third-order valence-electron chi connectivity index (χ3n) is 5.50. The van der Waals surface area contributed by atoms with Gasteiger partial charge < -0.3 is 14.2 Å². The number of esters is 1. The molecule has 3 rings (SSSR count). The lowest BCUT2D eigenvalue weighted by atomic mass is 10.2. The zero-order chi connectivity index (χ0) is 25.0. The summed E-state index contributed by atoms with van der Waals surface area (Å²) in [6.45, 7) is 3.58. The Hall–Kier alpha value is -3.50. The largest absolute Gasteiger partial charge is 0.452 e. The number of carbonyl (C=O) groups excluding carboxylic acids is 2. The summed E-state index contributed by atoms with van der Waals surface area (Å²) in [7, 11) is -2.26. The highest BCUT2D eigenvalue weighted by molar-refractivity contribution is 7.89. The van der Waals surface area contributed by atoms with E-state index < -0.39 is 34.3 Å². The molecule has 0 bridgehead atoms. The van der Waals surface area contributed by atoms with E-state index in [0.717, 1.165) is 11.3 Å². The Morgan fingerprint density at radius 2 is 1.74 bits per heavy atom. The second-order valence-electron chi connectivity index (χ2n) is 7.98. The standard InChI is InChI=1S/C24H26FN3O5S/c1-16-12-21(17(2)28(16)13-18-8-10-20(11-9-18)34(26,31)32)24(30)33-15-23(29)27(3)14-19-6-4-5-7-22(19)25/h4-12H,13-15H2,1-3H3,(H2,26,31,32). The van der Waals surface area contributed by atoms with Gasteiger partial charge >= 0.3 is 5.97 Å².